The lowest BCUT2D eigenvalue weighted by atomic mass is 10.2. The van der Waals surface area contributed by atoms with E-state index in [0.29, 0.717) is 44.4 Å². The van der Waals surface area contributed by atoms with Gasteiger partial charge in [-0.2, -0.15) is 9.29 Å². The molecule has 0 amide bonds. The zero-order chi connectivity index (χ0) is 19.6. The fourth-order valence-corrected chi connectivity index (χ4v) is 4.52. The Kier molecular flexibility index (Phi) is 5.21. The van der Waals surface area contributed by atoms with Gasteiger partial charge in [-0.15, -0.1) is 0 Å². The smallest absolute Gasteiger partial charge is 0.257 e. The zero-order valence-corrected chi connectivity index (χ0v) is 15.8. The van der Waals surface area contributed by atoms with Crippen molar-refractivity contribution in [2.45, 2.75) is 11.4 Å². The summed E-state index contributed by atoms with van der Waals surface area (Å²) in [6.45, 7) is 2.29. The fraction of sp³-hybridized carbons (Fsp3) is 0.263. The average molecular weight is 402 g/mol. The summed E-state index contributed by atoms with van der Waals surface area (Å²) in [5, 5.41) is 4.02. The normalized spacial score (nSPS) is 16.3. The van der Waals surface area contributed by atoms with Crippen molar-refractivity contribution in [2.24, 2.45) is 0 Å². The molecule has 0 bridgehead atoms. The van der Waals surface area contributed by atoms with E-state index in [4.69, 9.17) is 4.52 Å². The number of hydrogen-bond acceptors (Lipinski definition) is 6. The lowest BCUT2D eigenvalue weighted by Crippen LogP contribution is -2.48. The summed E-state index contributed by atoms with van der Waals surface area (Å²) in [5.41, 5.74) is 0.858. The van der Waals surface area contributed by atoms with Crippen molar-refractivity contribution in [2.75, 3.05) is 26.2 Å². The van der Waals surface area contributed by atoms with Crippen molar-refractivity contribution >= 4 is 10.0 Å². The van der Waals surface area contributed by atoms with Crippen LogP contribution in [0.3, 0.4) is 0 Å². The summed E-state index contributed by atoms with van der Waals surface area (Å²) in [6.07, 6.45) is 0. The van der Waals surface area contributed by atoms with E-state index < -0.39 is 15.8 Å². The van der Waals surface area contributed by atoms with Crippen molar-refractivity contribution in [3.05, 3.63) is 66.2 Å². The molecule has 146 valence electrons. The second-order valence-corrected chi connectivity index (χ2v) is 8.45. The molecule has 3 aromatic rings. The molecule has 0 unspecified atom stereocenters. The number of hydrogen-bond donors (Lipinski definition) is 0. The average Bonchev–Trinajstić information content (AvgIpc) is 3.18. The maximum atomic E-state index is 13.1. The minimum Gasteiger partial charge on any atom is -0.334 e. The van der Waals surface area contributed by atoms with Crippen molar-refractivity contribution in [3.63, 3.8) is 0 Å². The molecule has 2 aromatic carbocycles. The van der Waals surface area contributed by atoms with Crippen LogP contribution in [0.1, 0.15) is 5.82 Å². The number of benzene rings is 2. The molecule has 1 aliphatic heterocycles. The van der Waals surface area contributed by atoms with Crippen LogP contribution < -0.4 is 0 Å². The first kappa shape index (κ1) is 18.7. The van der Waals surface area contributed by atoms with Crippen LogP contribution in [0.15, 0.2) is 64.0 Å². The Hall–Kier alpha value is -2.62. The number of rotatable bonds is 5. The third-order valence-corrected chi connectivity index (χ3v) is 6.55. The molecule has 1 fully saturated rings. The molecule has 0 N–H and O–H groups in total. The van der Waals surface area contributed by atoms with Crippen LogP contribution in [-0.2, 0) is 16.6 Å². The van der Waals surface area contributed by atoms with E-state index in [0.717, 1.165) is 17.7 Å². The second kappa shape index (κ2) is 7.78. The van der Waals surface area contributed by atoms with Gasteiger partial charge in [-0.05, 0) is 36.4 Å². The fourth-order valence-electron chi connectivity index (χ4n) is 3.10. The molecule has 4 rings (SSSR count). The third-order valence-electron chi connectivity index (χ3n) is 4.64. The standard InChI is InChI=1S/C19H19FN4O3S/c20-16-6-8-17(9-7-16)28(25,26)24-12-10-23(11-13-24)14-18-21-19(27-22-18)15-4-2-1-3-5-15/h1-9H,10-14H2. The highest BCUT2D eigenvalue weighted by atomic mass is 32.2. The Balaban J connectivity index is 1.37. The van der Waals surface area contributed by atoms with Crippen molar-refractivity contribution < 1.29 is 17.3 Å². The van der Waals surface area contributed by atoms with E-state index in [9.17, 15) is 12.8 Å². The van der Waals surface area contributed by atoms with Crippen molar-refractivity contribution in [1.82, 2.24) is 19.3 Å². The molecule has 1 saturated heterocycles. The largest absolute Gasteiger partial charge is 0.334 e. The van der Waals surface area contributed by atoms with E-state index in [1.807, 2.05) is 30.3 Å². The molecule has 0 radical (unpaired) electrons. The van der Waals surface area contributed by atoms with Crippen molar-refractivity contribution in [3.8, 4) is 11.5 Å². The molecule has 28 heavy (non-hydrogen) atoms. The van der Waals surface area contributed by atoms with Crippen LogP contribution >= 0.6 is 0 Å². The number of nitrogens with zero attached hydrogens (tertiary/aromatic N) is 4. The van der Waals surface area contributed by atoms with Gasteiger partial charge in [0.05, 0.1) is 11.4 Å². The maximum Gasteiger partial charge on any atom is 0.257 e. The molecule has 2 heterocycles. The predicted molar refractivity (Wildman–Crippen MR) is 100 cm³/mol. The third kappa shape index (κ3) is 3.96. The summed E-state index contributed by atoms with van der Waals surface area (Å²) in [7, 11) is -3.62. The van der Waals surface area contributed by atoms with E-state index in [1.165, 1.54) is 16.4 Å². The lowest BCUT2D eigenvalue weighted by molar-refractivity contribution is 0.176. The van der Waals surface area contributed by atoms with E-state index >= 15 is 0 Å². The van der Waals surface area contributed by atoms with E-state index in [2.05, 4.69) is 15.0 Å². The zero-order valence-electron chi connectivity index (χ0n) is 15.0. The molecule has 0 atom stereocenters. The highest BCUT2D eigenvalue weighted by molar-refractivity contribution is 7.89. The summed E-state index contributed by atoms with van der Waals surface area (Å²) in [5.74, 6) is 0.570. The number of aromatic nitrogens is 2. The van der Waals surface area contributed by atoms with Gasteiger partial charge in [0.15, 0.2) is 5.82 Å². The Morgan fingerprint density at radius 1 is 0.964 bits per heavy atom. The predicted octanol–water partition coefficient (Wildman–Crippen LogP) is 2.38. The van der Waals surface area contributed by atoms with Crippen LogP contribution in [0.25, 0.3) is 11.5 Å². The minimum atomic E-state index is -3.62. The molecule has 0 saturated carbocycles. The van der Waals surface area contributed by atoms with Gasteiger partial charge in [0.25, 0.3) is 5.89 Å². The van der Waals surface area contributed by atoms with Gasteiger partial charge in [0.2, 0.25) is 10.0 Å². The Morgan fingerprint density at radius 3 is 2.32 bits per heavy atom. The van der Waals surface area contributed by atoms with Crippen LogP contribution in [-0.4, -0.2) is 53.9 Å². The number of halogens is 1. The molecule has 0 aliphatic carbocycles. The summed E-state index contributed by atoms with van der Waals surface area (Å²) < 4.78 is 45.1. The number of sulfonamides is 1. The van der Waals surface area contributed by atoms with Gasteiger partial charge in [-0.3, -0.25) is 4.90 Å². The quantitative estimate of drug-likeness (QED) is 0.652. The first-order valence-corrected chi connectivity index (χ1v) is 10.3. The van der Waals surface area contributed by atoms with Crippen molar-refractivity contribution in [1.29, 1.82) is 0 Å². The summed E-state index contributed by atoms with van der Waals surface area (Å²) in [6, 6.07) is 14.4. The lowest BCUT2D eigenvalue weighted by Gasteiger charge is -2.33. The molecular weight excluding hydrogens is 383 g/mol. The second-order valence-electron chi connectivity index (χ2n) is 6.52. The van der Waals surface area contributed by atoms with Crippen LogP contribution in [0, 0.1) is 5.82 Å². The summed E-state index contributed by atoms with van der Waals surface area (Å²) in [4.78, 5) is 6.60. The van der Waals surface area contributed by atoms with Gasteiger partial charge < -0.3 is 4.52 Å². The molecule has 7 nitrogen and oxygen atoms in total. The van der Waals surface area contributed by atoms with Gasteiger partial charge >= 0.3 is 0 Å². The Labute approximate surface area is 162 Å². The molecule has 1 aromatic heterocycles. The first-order valence-electron chi connectivity index (χ1n) is 8.88. The number of piperazine rings is 1. The highest BCUT2D eigenvalue weighted by Gasteiger charge is 2.29. The topological polar surface area (TPSA) is 79.5 Å². The Morgan fingerprint density at radius 2 is 1.64 bits per heavy atom. The van der Waals surface area contributed by atoms with Gasteiger partial charge in [0, 0.05) is 31.7 Å². The Bertz CT molecular complexity index is 1030. The van der Waals surface area contributed by atoms with Crippen LogP contribution in [0.2, 0.25) is 0 Å². The molecular formula is C19H19FN4O3S. The van der Waals surface area contributed by atoms with E-state index in [-0.39, 0.29) is 4.90 Å². The first-order chi connectivity index (χ1) is 13.5. The molecule has 0 spiro atoms. The SMILES string of the molecule is O=S(=O)(c1ccc(F)cc1)N1CCN(Cc2noc(-c3ccccc3)n2)CC1. The molecule has 9 heteroatoms. The van der Waals surface area contributed by atoms with Gasteiger partial charge in [-0.25, -0.2) is 12.8 Å². The molecule has 1 aliphatic rings. The monoisotopic (exact) mass is 402 g/mol. The summed E-state index contributed by atoms with van der Waals surface area (Å²) >= 11 is 0. The highest BCUT2D eigenvalue weighted by Crippen LogP contribution is 2.20. The minimum absolute atomic E-state index is 0.105. The van der Waals surface area contributed by atoms with Gasteiger partial charge in [0.1, 0.15) is 5.82 Å². The van der Waals surface area contributed by atoms with Gasteiger partial charge in [-0.1, -0.05) is 23.4 Å². The van der Waals surface area contributed by atoms with Crippen LogP contribution in [0.5, 0.6) is 0 Å². The maximum absolute atomic E-state index is 13.1. The van der Waals surface area contributed by atoms with E-state index in [1.54, 1.807) is 0 Å². The van der Waals surface area contributed by atoms with Crippen LogP contribution in [0.4, 0.5) is 4.39 Å².